The number of nitrogens with zero attached hydrogens (tertiary/aromatic N) is 1. The van der Waals surface area contributed by atoms with Gasteiger partial charge < -0.3 is 9.64 Å². The van der Waals surface area contributed by atoms with Gasteiger partial charge in [-0.15, -0.1) is 0 Å². The lowest BCUT2D eigenvalue weighted by atomic mass is 9.76. The molecule has 0 aliphatic carbocycles. The Labute approximate surface area is 110 Å². The van der Waals surface area contributed by atoms with Gasteiger partial charge in [0.05, 0.1) is 0 Å². The molecule has 98 valence electrons. The van der Waals surface area contributed by atoms with Crippen LogP contribution in [0, 0.1) is 0 Å². The van der Waals surface area contributed by atoms with Gasteiger partial charge in [-0.2, -0.15) is 0 Å². The van der Waals surface area contributed by atoms with E-state index in [1.807, 2.05) is 0 Å². The van der Waals surface area contributed by atoms with Crippen molar-refractivity contribution >= 4 is 5.69 Å². The van der Waals surface area contributed by atoms with E-state index in [0.717, 1.165) is 32.6 Å². The lowest BCUT2D eigenvalue weighted by molar-refractivity contribution is 0.0545. The molecule has 1 fully saturated rings. The van der Waals surface area contributed by atoms with Gasteiger partial charge in [-0.25, -0.2) is 0 Å². The number of hydrogen-bond donors (Lipinski definition) is 0. The van der Waals surface area contributed by atoms with Crippen molar-refractivity contribution in [2.75, 3.05) is 24.7 Å². The molecule has 2 heteroatoms. The van der Waals surface area contributed by atoms with E-state index in [0.29, 0.717) is 5.41 Å². The summed E-state index contributed by atoms with van der Waals surface area (Å²) in [5, 5.41) is 0. The van der Waals surface area contributed by atoms with E-state index in [4.69, 9.17) is 4.74 Å². The number of para-hydroxylation sites is 1. The summed E-state index contributed by atoms with van der Waals surface area (Å²) in [5.74, 6) is 0. The van der Waals surface area contributed by atoms with Crippen LogP contribution in [0.15, 0.2) is 24.3 Å². The van der Waals surface area contributed by atoms with Crippen LogP contribution in [0.3, 0.4) is 0 Å². The lowest BCUT2D eigenvalue weighted by Crippen LogP contribution is -2.45. The fraction of sp³-hybridized carbons (Fsp3) is 0.625. The summed E-state index contributed by atoms with van der Waals surface area (Å²) in [5.41, 5.74) is 3.51. The molecule has 0 radical (unpaired) electrons. The zero-order valence-electron chi connectivity index (χ0n) is 11.7. The van der Waals surface area contributed by atoms with Gasteiger partial charge in [0.15, 0.2) is 0 Å². The highest BCUT2D eigenvalue weighted by molar-refractivity contribution is 5.64. The van der Waals surface area contributed by atoms with E-state index in [1.165, 1.54) is 5.69 Å². The fourth-order valence-corrected chi connectivity index (χ4v) is 3.42. The van der Waals surface area contributed by atoms with Crippen molar-refractivity contribution in [3.8, 4) is 0 Å². The van der Waals surface area contributed by atoms with Crippen molar-refractivity contribution in [3.63, 3.8) is 0 Å². The molecular formula is C16H23NO. The Morgan fingerprint density at radius 1 is 1.11 bits per heavy atom. The van der Waals surface area contributed by atoms with Crippen LogP contribution in [0.1, 0.15) is 39.2 Å². The molecule has 0 atom stereocenters. The monoisotopic (exact) mass is 245 g/mol. The quantitative estimate of drug-likeness (QED) is 0.695. The maximum atomic E-state index is 5.57. The summed E-state index contributed by atoms with van der Waals surface area (Å²) in [6.45, 7) is 9.89. The molecule has 1 aromatic rings. The molecule has 2 aliphatic heterocycles. The first-order chi connectivity index (χ1) is 8.53. The first-order valence-corrected chi connectivity index (χ1v) is 6.98. The van der Waals surface area contributed by atoms with Crippen molar-refractivity contribution < 1.29 is 4.74 Å². The Hall–Kier alpha value is -1.02. The molecule has 2 heterocycles. The average Bonchev–Trinajstić information content (AvgIpc) is 2.66. The molecule has 1 saturated heterocycles. The number of rotatable bonds is 0. The van der Waals surface area contributed by atoms with Gasteiger partial charge in [0.1, 0.15) is 0 Å². The average molecular weight is 245 g/mol. The number of benzene rings is 1. The van der Waals surface area contributed by atoms with E-state index in [-0.39, 0.29) is 5.54 Å². The molecule has 0 N–H and O–H groups in total. The predicted molar refractivity (Wildman–Crippen MR) is 75.3 cm³/mol. The third-order valence-electron chi connectivity index (χ3n) is 4.49. The van der Waals surface area contributed by atoms with Crippen LogP contribution in [0.25, 0.3) is 0 Å². The smallest absolute Gasteiger partial charge is 0.0475 e. The molecule has 0 amide bonds. The van der Waals surface area contributed by atoms with Gasteiger partial charge in [-0.3, -0.25) is 0 Å². The summed E-state index contributed by atoms with van der Waals surface area (Å²) in [7, 11) is 0. The number of fused-ring (bicyclic) bond motifs is 2. The molecule has 0 bridgehead atoms. The van der Waals surface area contributed by atoms with Crippen LogP contribution < -0.4 is 4.90 Å². The summed E-state index contributed by atoms with van der Waals surface area (Å²) < 4.78 is 5.57. The number of anilines is 1. The van der Waals surface area contributed by atoms with Crippen molar-refractivity contribution in [2.45, 2.75) is 44.6 Å². The van der Waals surface area contributed by atoms with Crippen molar-refractivity contribution in [3.05, 3.63) is 29.8 Å². The first-order valence-electron chi connectivity index (χ1n) is 6.98. The van der Waals surface area contributed by atoms with Crippen LogP contribution in [0.2, 0.25) is 0 Å². The second-order valence-corrected chi connectivity index (χ2v) is 6.67. The summed E-state index contributed by atoms with van der Waals surface area (Å²) in [4.78, 5) is 2.58. The lowest BCUT2D eigenvalue weighted by Gasteiger charge is -2.38. The summed E-state index contributed by atoms with van der Waals surface area (Å²) >= 11 is 0. The maximum Gasteiger partial charge on any atom is 0.0475 e. The second kappa shape index (κ2) is 3.99. The Kier molecular flexibility index (Phi) is 2.67. The van der Waals surface area contributed by atoms with Crippen LogP contribution >= 0.6 is 0 Å². The molecule has 18 heavy (non-hydrogen) atoms. The van der Waals surface area contributed by atoms with Gasteiger partial charge >= 0.3 is 0 Å². The van der Waals surface area contributed by atoms with Gasteiger partial charge in [0.2, 0.25) is 0 Å². The van der Waals surface area contributed by atoms with E-state index in [1.54, 1.807) is 5.56 Å². The number of hydrogen-bond acceptors (Lipinski definition) is 2. The van der Waals surface area contributed by atoms with Crippen LogP contribution in [-0.4, -0.2) is 25.3 Å². The van der Waals surface area contributed by atoms with Crippen LogP contribution in [0.5, 0.6) is 0 Å². The molecular weight excluding hydrogens is 222 g/mol. The Morgan fingerprint density at radius 3 is 2.44 bits per heavy atom. The normalized spacial score (nSPS) is 22.3. The topological polar surface area (TPSA) is 12.5 Å². The Morgan fingerprint density at radius 2 is 1.78 bits per heavy atom. The summed E-state index contributed by atoms with van der Waals surface area (Å²) in [6, 6.07) is 8.95. The maximum absolute atomic E-state index is 5.57. The van der Waals surface area contributed by atoms with Crippen molar-refractivity contribution in [2.24, 2.45) is 0 Å². The zero-order chi connectivity index (χ0) is 12.8. The Balaban J connectivity index is 2.06. The molecule has 1 spiro atoms. The molecule has 2 aliphatic rings. The molecule has 0 saturated carbocycles. The first kappa shape index (κ1) is 12.0. The highest BCUT2D eigenvalue weighted by Gasteiger charge is 2.45. The minimum atomic E-state index is 0.192. The zero-order valence-corrected chi connectivity index (χ0v) is 11.7. The Bertz CT molecular complexity index is 441. The third-order valence-corrected chi connectivity index (χ3v) is 4.49. The molecule has 0 unspecified atom stereocenters. The standard InChI is InChI=1S/C16H23NO/c1-15(2,3)17-12-16(8-10-18-11-9-16)13-6-4-5-7-14(13)17/h4-7H,8-12H2,1-3H3. The van der Waals surface area contributed by atoms with Crippen LogP contribution in [0.4, 0.5) is 5.69 Å². The molecule has 3 rings (SSSR count). The third kappa shape index (κ3) is 1.74. The summed E-state index contributed by atoms with van der Waals surface area (Å²) in [6.07, 6.45) is 2.33. The van der Waals surface area contributed by atoms with E-state index in [2.05, 4.69) is 49.9 Å². The SMILES string of the molecule is CC(C)(C)N1CC2(CCOCC2)c2ccccc21. The van der Waals surface area contributed by atoms with E-state index < -0.39 is 0 Å². The molecule has 2 nitrogen and oxygen atoms in total. The molecule has 1 aromatic carbocycles. The minimum Gasteiger partial charge on any atom is -0.381 e. The van der Waals surface area contributed by atoms with Gasteiger partial charge in [0.25, 0.3) is 0 Å². The van der Waals surface area contributed by atoms with Crippen molar-refractivity contribution in [1.82, 2.24) is 0 Å². The van der Waals surface area contributed by atoms with Gasteiger partial charge in [-0.05, 0) is 45.2 Å². The minimum absolute atomic E-state index is 0.192. The van der Waals surface area contributed by atoms with E-state index in [9.17, 15) is 0 Å². The fourth-order valence-electron chi connectivity index (χ4n) is 3.42. The predicted octanol–water partition coefficient (Wildman–Crippen LogP) is 3.35. The van der Waals surface area contributed by atoms with E-state index >= 15 is 0 Å². The largest absolute Gasteiger partial charge is 0.381 e. The van der Waals surface area contributed by atoms with Gasteiger partial charge in [0, 0.05) is 36.4 Å². The highest BCUT2D eigenvalue weighted by Crippen LogP contribution is 2.48. The highest BCUT2D eigenvalue weighted by atomic mass is 16.5. The second-order valence-electron chi connectivity index (χ2n) is 6.67. The van der Waals surface area contributed by atoms with Crippen LogP contribution in [-0.2, 0) is 10.2 Å². The number of ether oxygens (including phenoxy) is 1. The molecule has 0 aromatic heterocycles. The van der Waals surface area contributed by atoms with Gasteiger partial charge in [-0.1, -0.05) is 18.2 Å². The van der Waals surface area contributed by atoms with Crippen molar-refractivity contribution in [1.29, 1.82) is 0 Å².